The van der Waals surface area contributed by atoms with E-state index in [9.17, 15) is 4.79 Å². The zero-order chi connectivity index (χ0) is 17.9. The number of rotatable bonds is 6. The fraction of sp³-hybridized carbons (Fsp3) is 0.381. The van der Waals surface area contributed by atoms with Gasteiger partial charge >= 0.3 is 5.97 Å². The Kier molecular flexibility index (Phi) is 5.09. The van der Waals surface area contributed by atoms with Crippen LogP contribution in [0.1, 0.15) is 44.2 Å². The molecule has 2 atom stereocenters. The molecule has 0 aromatic heterocycles. The second-order valence-electron chi connectivity index (χ2n) is 7.55. The van der Waals surface area contributed by atoms with Crippen LogP contribution in [-0.4, -0.2) is 12.0 Å². The Labute approximate surface area is 149 Å². The van der Waals surface area contributed by atoms with Gasteiger partial charge in [0.15, 0.2) is 0 Å². The van der Waals surface area contributed by atoms with Gasteiger partial charge in [0, 0.05) is 5.92 Å². The maximum Gasteiger partial charge on any atom is 0.329 e. The molecule has 1 N–H and O–H groups in total. The third-order valence-electron chi connectivity index (χ3n) is 4.26. The molecule has 0 heterocycles. The molecule has 0 saturated heterocycles. The lowest BCUT2D eigenvalue weighted by Gasteiger charge is -2.16. The fourth-order valence-electron chi connectivity index (χ4n) is 2.53. The number of carbonyl (C=O) groups excluding carboxylic acids is 1. The maximum absolute atomic E-state index is 11.8. The van der Waals surface area contributed by atoms with E-state index in [1.54, 1.807) is 0 Å². The fourth-order valence-corrected chi connectivity index (χ4v) is 2.53. The second-order valence-corrected chi connectivity index (χ2v) is 7.55. The Morgan fingerprint density at radius 2 is 1.76 bits per heavy atom. The highest BCUT2D eigenvalue weighted by molar-refractivity contribution is 5.75. The molecular formula is C21H25NO3. The number of carbonyl (C=O) groups is 1. The summed E-state index contributed by atoms with van der Waals surface area (Å²) in [6, 6.07) is 18.5. The molecule has 0 radical (unpaired) electrons. The van der Waals surface area contributed by atoms with Crippen molar-refractivity contribution < 1.29 is 14.4 Å². The van der Waals surface area contributed by atoms with Gasteiger partial charge in [-0.2, -0.15) is 0 Å². The van der Waals surface area contributed by atoms with E-state index >= 15 is 0 Å². The van der Waals surface area contributed by atoms with E-state index in [1.807, 2.05) is 63.2 Å². The first-order chi connectivity index (χ1) is 11.9. The van der Waals surface area contributed by atoms with E-state index < -0.39 is 5.41 Å². The van der Waals surface area contributed by atoms with Gasteiger partial charge in [0.25, 0.3) is 0 Å². The molecule has 4 heteroatoms. The van der Waals surface area contributed by atoms with Crippen molar-refractivity contribution in [3.63, 3.8) is 0 Å². The molecule has 0 aliphatic heterocycles. The standard InChI is InChI=1S/C21H25NO3/c1-21(2,3)20(23)25-22-19-13-18(19)16-9-11-17(12-10-16)24-14-15-7-5-4-6-8-15/h4-12,18-19,22H,13-14H2,1-3H3. The first-order valence-corrected chi connectivity index (χ1v) is 8.67. The van der Waals surface area contributed by atoms with Crippen LogP contribution >= 0.6 is 0 Å². The molecule has 0 amide bonds. The molecule has 25 heavy (non-hydrogen) atoms. The van der Waals surface area contributed by atoms with Gasteiger partial charge in [-0.25, -0.2) is 4.79 Å². The smallest absolute Gasteiger partial charge is 0.329 e. The summed E-state index contributed by atoms with van der Waals surface area (Å²) in [6.45, 7) is 6.09. The molecule has 3 rings (SSSR count). The van der Waals surface area contributed by atoms with Crippen molar-refractivity contribution in [1.82, 2.24) is 5.48 Å². The zero-order valence-corrected chi connectivity index (χ0v) is 15.0. The lowest BCUT2D eigenvalue weighted by atomic mass is 9.98. The monoisotopic (exact) mass is 339 g/mol. The summed E-state index contributed by atoms with van der Waals surface area (Å²) in [6.07, 6.45) is 0.974. The highest BCUT2D eigenvalue weighted by Crippen LogP contribution is 2.41. The Balaban J connectivity index is 1.46. The number of nitrogens with one attached hydrogen (secondary N) is 1. The van der Waals surface area contributed by atoms with E-state index in [1.165, 1.54) is 5.56 Å². The molecular weight excluding hydrogens is 314 g/mol. The molecule has 2 unspecified atom stereocenters. The summed E-state index contributed by atoms with van der Waals surface area (Å²) >= 11 is 0. The van der Waals surface area contributed by atoms with Crippen LogP contribution in [0.3, 0.4) is 0 Å². The summed E-state index contributed by atoms with van der Waals surface area (Å²) < 4.78 is 5.81. The van der Waals surface area contributed by atoms with Crippen LogP contribution in [0.4, 0.5) is 0 Å². The van der Waals surface area contributed by atoms with Crippen molar-refractivity contribution in [3.8, 4) is 5.75 Å². The molecule has 132 valence electrons. The molecule has 4 nitrogen and oxygen atoms in total. The molecule has 1 aliphatic rings. The first kappa shape index (κ1) is 17.5. The van der Waals surface area contributed by atoms with E-state index in [0.717, 1.165) is 17.7 Å². The third kappa shape index (κ3) is 4.83. The van der Waals surface area contributed by atoms with Crippen LogP contribution in [0.15, 0.2) is 54.6 Å². The van der Waals surface area contributed by atoms with Crippen LogP contribution in [0.5, 0.6) is 5.75 Å². The van der Waals surface area contributed by atoms with Crippen molar-refractivity contribution in [2.75, 3.05) is 0 Å². The normalized spacial score (nSPS) is 19.3. The van der Waals surface area contributed by atoms with Crippen LogP contribution < -0.4 is 10.2 Å². The van der Waals surface area contributed by atoms with Crippen molar-refractivity contribution in [2.24, 2.45) is 5.41 Å². The molecule has 1 saturated carbocycles. The number of hydrogen-bond donors (Lipinski definition) is 1. The van der Waals surface area contributed by atoms with E-state index in [2.05, 4.69) is 17.6 Å². The average Bonchev–Trinajstić information content (AvgIpc) is 3.38. The molecule has 1 aliphatic carbocycles. The largest absolute Gasteiger partial charge is 0.489 e. The Morgan fingerprint density at radius 3 is 2.40 bits per heavy atom. The van der Waals surface area contributed by atoms with Crippen LogP contribution in [0.25, 0.3) is 0 Å². The van der Waals surface area contributed by atoms with Crippen LogP contribution in [-0.2, 0) is 16.2 Å². The minimum Gasteiger partial charge on any atom is -0.489 e. The van der Waals surface area contributed by atoms with Crippen molar-refractivity contribution in [1.29, 1.82) is 0 Å². The van der Waals surface area contributed by atoms with Gasteiger partial charge in [0.2, 0.25) is 0 Å². The zero-order valence-electron chi connectivity index (χ0n) is 15.0. The Morgan fingerprint density at radius 1 is 1.08 bits per heavy atom. The van der Waals surface area contributed by atoms with E-state index in [-0.39, 0.29) is 12.0 Å². The Hall–Kier alpha value is -2.33. The Bertz CT molecular complexity index is 704. The highest BCUT2D eigenvalue weighted by Gasteiger charge is 2.40. The van der Waals surface area contributed by atoms with E-state index in [4.69, 9.17) is 9.57 Å². The number of hydrogen-bond acceptors (Lipinski definition) is 4. The average molecular weight is 339 g/mol. The van der Waals surface area contributed by atoms with Gasteiger partial charge in [0.05, 0.1) is 11.5 Å². The van der Waals surface area contributed by atoms with Gasteiger partial charge < -0.3 is 9.57 Å². The molecule has 0 spiro atoms. The summed E-state index contributed by atoms with van der Waals surface area (Å²) in [5.74, 6) is 1.01. The minimum absolute atomic E-state index is 0.197. The number of ether oxygens (including phenoxy) is 1. The van der Waals surface area contributed by atoms with E-state index in [0.29, 0.717) is 12.5 Å². The third-order valence-corrected chi connectivity index (χ3v) is 4.26. The lowest BCUT2D eigenvalue weighted by Crippen LogP contribution is -2.31. The second kappa shape index (κ2) is 7.28. The van der Waals surface area contributed by atoms with Crippen molar-refractivity contribution >= 4 is 5.97 Å². The minimum atomic E-state index is -0.491. The topological polar surface area (TPSA) is 47.6 Å². The van der Waals surface area contributed by atoms with Gasteiger partial charge in [-0.3, -0.25) is 0 Å². The molecule has 2 aromatic rings. The predicted molar refractivity (Wildman–Crippen MR) is 97.0 cm³/mol. The summed E-state index contributed by atoms with van der Waals surface area (Å²) in [7, 11) is 0. The van der Waals surface area contributed by atoms with Crippen molar-refractivity contribution in [3.05, 3.63) is 65.7 Å². The van der Waals surface area contributed by atoms with Crippen LogP contribution in [0.2, 0.25) is 0 Å². The first-order valence-electron chi connectivity index (χ1n) is 8.67. The number of hydroxylamine groups is 1. The SMILES string of the molecule is CC(C)(C)C(=O)ONC1CC1c1ccc(OCc2ccccc2)cc1. The summed E-state index contributed by atoms with van der Waals surface area (Å²) in [4.78, 5) is 17.0. The van der Waals surface area contributed by atoms with Gasteiger partial charge in [-0.1, -0.05) is 42.5 Å². The van der Waals surface area contributed by atoms with Gasteiger partial charge in [0.1, 0.15) is 12.4 Å². The maximum atomic E-state index is 11.8. The summed E-state index contributed by atoms with van der Waals surface area (Å²) in [5.41, 5.74) is 4.79. The van der Waals surface area contributed by atoms with Gasteiger partial charge in [-0.05, 0) is 50.5 Å². The highest BCUT2D eigenvalue weighted by atomic mass is 16.7. The number of benzene rings is 2. The van der Waals surface area contributed by atoms with Crippen molar-refractivity contribution in [2.45, 2.75) is 45.8 Å². The molecule has 0 bridgehead atoms. The lowest BCUT2D eigenvalue weighted by molar-refractivity contribution is -0.161. The molecule has 1 fully saturated rings. The summed E-state index contributed by atoms with van der Waals surface area (Å²) in [5, 5.41) is 0. The van der Waals surface area contributed by atoms with Gasteiger partial charge in [-0.15, -0.1) is 5.48 Å². The van der Waals surface area contributed by atoms with Crippen LogP contribution in [0, 0.1) is 5.41 Å². The quantitative estimate of drug-likeness (QED) is 0.801. The molecule has 2 aromatic carbocycles. The predicted octanol–water partition coefficient (Wildman–Crippen LogP) is 4.22.